The highest BCUT2D eigenvalue weighted by molar-refractivity contribution is 7.04. The van der Waals surface area contributed by atoms with Crippen molar-refractivity contribution in [1.82, 2.24) is 13.5 Å². The van der Waals surface area contributed by atoms with E-state index in [0.29, 0.717) is 6.42 Å². The number of hydrogen-bond acceptors (Lipinski definition) is 5. The third-order valence-electron chi connectivity index (χ3n) is 3.70. The molecular weight excluding hydrogens is 366 g/mol. The fourth-order valence-corrected chi connectivity index (χ4v) is 3.20. The molecule has 1 N–H and O–H groups in total. The maximum absolute atomic E-state index is 13.2. The normalized spacial score (nSPS) is 11.0. The van der Waals surface area contributed by atoms with Crippen LogP contribution in [0.15, 0.2) is 33.2 Å². The smallest absolute Gasteiger partial charge is 0.324 e. The zero-order valence-electron chi connectivity index (χ0n) is 13.7. The number of nitrogens with one attached hydrogen (secondary N) is 1. The van der Waals surface area contributed by atoms with Crippen LogP contribution in [0.5, 0.6) is 0 Å². The summed E-state index contributed by atoms with van der Waals surface area (Å²) in [4.78, 5) is 37.2. The van der Waals surface area contributed by atoms with Crippen molar-refractivity contribution in [2.24, 2.45) is 0 Å². The van der Waals surface area contributed by atoms with E-state index in [-0.39, 0.29) is 23.3 Å². The summed E-state index contributed by atoms with van der Waals surface area (Å²) in [5.41, 5.74) is -0.680. The first-order chi connectivity index (χ1) is 12.4. The molecule has 0 bridgehead atoms. The van der Waals surface area contributed by atoms with E-state index in [9.17, 15) is 23.2 Å². The van der Waals surface area contributed by atoms with Gasteiger partial charge in [-0.3, -0.25) is 18.7 Å². The summed E-state index contributed by atoms with van der Waals surface area (Å²) in [6, 6.07) is 2.94. The topological polar surface area (TPSA) is 86.0 Å². The fraction of sp³-hybridized carbons (Fsp3) is 0.250. The van der Waals surface area contributed by atoms with Crippen LogP contribution in [0.3, 0.4) is 0 Å². The summed E-state index contributed by atoms with van der Waals surface area (Å²) in [6.07, 6.45) is 0.561. The standard InChI is InChI=1S/C16H14F2N4O3S/c1-2-5-21-15(24)14-12(8-26-20-14)22(16(21)25)7-13(23)19-9-3-4-10(17)11(18)6-9/h3-4,6,8H,2,5,7H2,1H3,(H,19,23). The fourth-order valence-electron chi connectivity index (χ4n) is 2.53. The van der Waals surface area contributed by atoms with Crippen LogP contribution in [0.4, 0.5) is 14.5 Å². The molecule has 10 heteroatoms. The molecule has 0 saturated carbocycles. The number of benzene rings is 1. The van der Waals surface area contributed by atoms with Gasteiger partial charge in [-0.1, -0.05) is 6.92 Å². The number of rotatable bonds is 5. The van der Waals surface area contributed by atoms with Gasteiger partial charge >= 0.3 is 5.69 Å². The van der Waals surface area contributed by atoms with Crippen LogP contribution in [0.1, 0.15) is 13.3 Å². The number of amides is 1. The van der Waals surface area contributed by atoms with E-state index in [4.69, 9.17) is 0 Å². The monoisotopic (exact) mass is 380 g/mol. The molecule has 0 saturated heterocycles. The molecule has 1 aromatic carbocycles. The molecular formula is C16H14F2N4O3S. The number of anilines is 1. The van der Waals surface area contributed by atoms with Gasteiger partial charge in [-0.15, -0.1) is 0 Å². The quantitative estimate of drug-likeness (QED) is 0.733. The summed E-state index contributed by atoms with van der Waals surface area (Å²) >= 11 is 1.01. The van der Waals surface area contributed by atoms with E-state index >= 15 is 0 Å². The minimum absolute atomic E-state index is 0.0588. The molecule has 26 heavy (non-hydrogen) atoms. The Morgan fingerprint density at radius 2 is 2.00 bits per heavy atom. The zero-order chi connectivity index (χ0) is 18.8. The summed E-state index contributed by atoms with van der Waals surface area (Å²) in [5.74, 6) is -2.75. The molecule has 2 aromatic heterocycles. The van der Waals surface area contributed by atoms with Gasteiger partial charge in [-0.2, -0.15) is 4.37 Å². The Balaban J connectivity index is 1.96. The van der Waals surface area contributed by atoms with Gasteiger partial charge in [0, 0.05) is 23.7 Å². The highest BCUT2D eigenvalue weighted by Crippen LogP contribution is 2.14. The maximum Gasteiger partial charge on any atom is 0.332 e. The molecule has 2 heterocycles. The molecule has 3 rings (SSSR count). The van der Waals surface area contributed by atoms with Gasteiger partial charge in [-0.25, -0.2) is 13.6 Å². The van der Waals surface area contributed by atoms with Crippen LogP contribution >= 0.6 is 11.5 Å². The molecule has 0 atom stereocenters. The molecule has 0 aliphatic heterocycles. The van der Waals surface area contributed by atoms with Gasteiger partial charge in [0.25, 0.3) is 5.56 Å². The Hall–Kier alpha value is -2.88. The number of fused-ring (bicyclic) bond motifs is 1. The third-order valence-corrected chi connectivity index (χ3v) is 4.32. The largest absolute Gasteiger partial charge is 0.332 e. The van der Waals surface area contributed by atoms with Crippen molar-refractivity contribution in [3.05, 3.63) is 56.1 Å². The third kappa shape index (κ3) is 3.27. The van der Waals surface area contributed by atoms with Gasteiger partial charge < -0.3 is 5.32 Å². The molecule has 0 unspecified atom stereocenters. The Kier molecular flexibility index (Phi) is 4.94. The first-order valence-corrected chi connectivity index (χ1v) is 8.58. The minimum atomic E-state index is -1.10. The van der Waals surface area contributed by atoms with E-state index in [1.165, 1.54) is 11.4 Å². The van der Waals surface area contributed by atoms with E-state index in [2.05, 4.69) is 9.69 Å². The predicted molar refractivity (Wildman–Crippen MR) is 93.4 cm³/mol. The minimum Gasteiger partial charge on any atom is -0.324 e. The summed E-state index contributed by atoms with van der Waals surface area (Å²) in [6.45, 7) is 1.63. The van der Waals surface area contributed by atoms with Crippen molar-refractivity contribution >= 4 is 34.2 Å². The lowest BCUT2D eigenvalue weighted by atomic mass is 10.3. The van der Waals surface area contributed by atoms with Gasteiger partial charge in [0.2, 0.25) is 5.91 Å². The van der Waals surface area contributed by atoms with E-state index in [1.807, 2.05) is 6.92 Å². The van der Waals surface area contributed by atoms with Gasteiger partial charge in [-0.05, 0) is 30.1 Å². The van der Waals surface area contributed by atoms with Crippen molar-refractivity contribution < 1.29 is 13.6 Å². The van der Waals surface area contributed by atoms with E-state index < -0.39 is 35.3 Å². The first kappa shape index (κ1) is 17.9. The number of aromatic nitrogens is 3. The molecule has 1 amide bonds. The van der Waals surface area contributed by atoms with E-state index in [0.717, 1.165) is 32.8 Å². The summed E-state index contributed by atoms with van der Waals surface area (Å²) in [7, 11) is 0. The number of carbonyl (C=O) groups is 1. The predicted octanol–water partition coefficient (Wildman–Crippen LogP) is 1.95. The maximum atomic E-state index is 13.2. The van der Waals surface area contributed by atoms with Gasteiger partial charge in [0.05, 0.1) is 5.52 Å². The van der Waals surface area contributed by atoms with Gasteiger partial charge in [0.15, 0.2) is 17.2 Å². The van der Waals surface area contributed by atoms with Crippen molar-refractivity contribution in [3.8, 4) is 0 Å². The Morgan fingerprint density at radius 3 is 2.69 bits per heavy atom. The van der Waals surface area contributed by atoms with Crippen LogP contribution < -0.4 is 16.6 Å². The molecule has 0 spiro atoms. The SMILES string of the molecule is CCCn1c(=O)c2nscc2n(CC(=O)Nc2ccc(F)c(F)c2)c1=O. The lowest BCUT2D eigenvalue weighted by Gasteiger charge is -2.11. The summed E-state index contributed by atoms with van der Waals surface area (Å²) < 4.78 is 32.4. The molecule has 0 aliphatic carbocycles. The second-order valence-electron chi connectivity index (χ2n) is 5.55. The highest BCUT2D eigenvalue weighted by Gasteiger charge is 2.17. The number of nitrogens with zero attached hydrogens (tertiary/aromatic N) is 3. The van der Waals surface area contributed by atoms with E-state index in [1.54, 1.807) is 0 Å². The van der Waals surface area contributed by atoms with Crippen molar-refractivity contribution in [1.29, 1.82) is 0 Å². The number of carbonyl (C=O) groups excluding carboxylic acids is 1. The average molecular weight is 380 g/mol. The van der Waals surface area contributed by atoms with Crippen molar-refractivity contribution in [2.45, 2.75) is 26.4 Å². The van der Waals surface area contributed by atoms with Crippen LogP contribution in [-0.2, 0) is 17.9 Å². The first-order valence-electron chi connectivity index (χ1n) is 7.75. The second kappa shape index (κ2) is 7.16. The molecule has 3 aromatic rings. The second-order valence-corrected chi connectivity index (χ2v) is 6.18. The van der Waals surface area contributed by atoms with Crippen LogP contribution in [0.2, 0.25) is 0 Å². The zero-order valence-corrected chi connectivity index (χ0v) is 14.5. The lowest BCUT2D eigenvalue weighted by Crippen LogP contribution is -2.41. The molecule has 7 nitrogen and oxygen atoms in total. The Bertz CT molecular complexity index is 1100. The molecule has 0 aliphatic rings. The van der Waals surface area contributed by atoms with Crippen LogP contribution in [-0.4, -0.2) is 19.4 Å². The highest BCUT2D eigenvalue weighted by atomic mass is 32.1. The molecule has 0 fully saturated rings. The van der Waals surface area contributed by atoms with Crippen molar-refractivity contribution in [3.63, 3.8) is 0 Å². The van der Waals surface area contributed by atoms with Gasteiger partial charge in [0.1, 0.15) is 6.54 Å². The van der Waals surface area contributed by atoms with Crippen molar-refractivity contribution in [2.75, 3.05) is 5.32 Å². The van der Waals surface area contributed by atoms with Crippen LogP contribution in [0, 0.1) is 11.6 Å². The number of halogens is 2. The molecule has 0 radical (unpaired) electrons. The Morgan fingerprint density at radius 1 is 1.23 bits per heavy atom. The van der Waals surface area contributed by atoms with Crippen LogP contribution in [0.25, 0.3) is 11.0 Å². The lowest BCUT2D eigenvalue weighted by molar-refractivity contribution is -0.116. The Labute approximate surface area is 149 Å². The number of hydrogen-bond donors (Lipinski definition) is 1. The summed E-state index contributed by atoms with van der Waals surface area (Å²) in [5, 5.41) is 3.91. The average Bonchev–Trinajstić information content (AvgIpc) is 3.08. The molecule has 136 valence electrons.